The highest BCUT2D eigenvalue weighted by Gasteiger charge is 2.28. The number of hydrogen-bond acceptors (Lipinski definition) is 5. The first kappa shape index (κ1) is 22.3. The molecule has 7 nitrogen and oxygen atoms in total. The van der Waals surface area contributed by atoms with Crippen LogP contribution in [0.1, 0.15) is 32.3 Å². The number of fused-ring (bicyclic) bond motifs is 1. The smallest absolute Gasteiger partial charge is 0.306 e. The SMILES string of the molecule is CNC(=O)[C@H](Cc1cnc2ccccc2c1)NC(=O)[C@@H](CC(=O)OC)CC(C)C. The summed E-state index contributed by atoms with van der Waals surface area (Å²) in [7, 11) is 2.83. The zero-order valence-corrected chi connectivity index (χ0v) is 17.4. The van der Waals surface area contributed by atoms with Crippen LogP contribution in [0.2, 0.25) is 0 Å². The molecule has 1 aromatic carbocycles. The van der Waals surface area contributed by atoms with Crippen molar-refractivity contribution in [2.75, 3.05) is 14.2 Å². The molecule has 0 aliphatic rings. The van der Waals surface area contributed by atoms with Gasteiger partial charge in [-0.3, -0.25) is 19.4 Å². The van der Waals surface area contributed by atoms with Crippen LogP contribution in [-0.4, -0.2) is 43.0 Å². The van der Waals surface area contributed by atoms with Crippen molar-refractivity contribution in [1.29, 1.82) is 0 Å². The molecule has 2 aromatic rings. The van der Waals surface area contributed by atoms with Crippen LogP contribution in [0.15, 0.2) is 36.5 Å². The fourth-order valence-electron chi connectivity index (χ4n) is 3.27. The number of aromatic nitrogens is 1. The Balaban J connectivity index is 2.18. The highest BCUT2D eigenvalue weighted by Crippen LogP contribution is 2.18. The molecule has 1 heterocycles. The van der Waals surface area contributed by atoms with Crippen LogP contribution in [-0.2, 0) is 25.5 Å². The normalized spacial score (nSPS) is 13.0. The first-order valence-corrected chi connectivity index (χ1v) is 9.76. The van der Waals surface area contributed by atoms with E-state index in [9.17, 15) is 14.4 Å². The second kappa shape index (κ2) is 10.5. The number of methoxy groups -OCH3 is 1. The number of carbonyl (C=O) groups excluding carboxylic acids is 3. The van der Waals surface area contributed by atoms with Gasteiger partial charge in [-0.05, 0) is 30.0 Å². The summed E-state index contributed by atoms with van der Waals surface area (Å²) in [6.07, 6.45) is 2.53. The third-order valence-corrected chi connectivity index (χ3v) is 4.73. The van der Waals surface area contributed by atoms with Crippen molar-refractivity contribution in [3.8, 4) is 0 Å². The van der Waals surface area contributed by atoms with Crippen LogP contribution >= 0.6 is 0 Å². The van der Waals surface area contributed by atoms with Gasteiger partial charge in [0.1, 0.15) is 6.04 Å². The number of amides is 2. The fourth-order valence-corrected chi connectivity index (χ4v) is 3.27. The average Bonchev–Trinajstić information content (AvgIpc) is 2.71. The van der Waals surface area contributed by atoms with Gasteiger partial charge >= 0.3 is 5.97 Å². The monoisotopic (exact) mass is 399 g/mol. The predicted octanol–water partition coefficient (Wildman–Crippen LogP) is 2.23. The van der Waals surface area contributed by atoms with E-state index in [0.29, 0.717) is 12.8 Å². The van der Waals surface area contributed by atoms with E-state index in [1.165, 1.54) is 14.2 Å². The minimum absolute atomic E-state index is 0.0154. The topological polar surface area (TPSA) is 97.4 Å². The van der Waals surface area contributed by atoms with E-state index in [4.69, 9.17) is 4.74 Å². The van der Waals surface area contributed by atoms with Crippen molar-refractivity contribution in [3.63, 3.8) is 0 Å². The number of ether oxygens (including phenoxy) is 1. The summed E-state index contributed by atoms with van der Waals surface area (Å²) in [6.45, 7) is 3.96. The standard InChI is InChI=1S/C22H29N3O4/c1-14(2)9-17(12-20(26)29-4)21(27)25-19(22(28)23-3)11-15-10-16-7-5-6-8-18(16)24-13-15/h5-8,10,13-14,17,19H,9,11-12H2,1-4H3,(H,23,28)(H,25,27)/t17-,19+/m1/s1. The van der Waals surface area contributed by atoms with Crippen molar-refractivity contribution >= 4 is 28.7 Å². The van der Waals surface area contributed by atoms with Gasteiger partial charge in [0.25, 0.3) is 0 Å². The molecule has 156 valence electrons. The quantitative estimate of drug-likeness (QED) is 0.630. The number of likely N-dealkylation sites (N-methyl/N-ethyl adjacent to an activating group) is 1. The summed E-state index contributed by atoms with van der Waals surface area (Å²) in [5.41, 5.74) is 1.71. The van der Waals surface area contributed by atoms with Crippen molar-refractivity contribution in [2.45, 2.75) is 39.2 Å². The summed E-state index contributed by atoms with van der Waals surface area (Å²) in [5, 5.41) is 6.37. The molecule has 0 aliphatic carbocycles. The van der Waals surface area contributed by atoms with Gasteiger partial charge < -0.3 is 15.4 Å². The molecule has 0 bridgehead atoms. The Morgan fingerprint density at radius 1 is 1.14 bits per heavy atom. The Kier molecular flexibility index (Phi) is 8.12. The molecular weight excluding hydrogens is 370 g/mol. The Bertz CT molecular complexity index is 866. The maximum absolute atomic E-state index is 12.8. The molecule has 0 radical (unpaired) electrons. The molecule has 7 heteroatoms. The number of nitrogens with one attached hydrogen (secondary N) is 2. The fraction of sp³-hybridized carbons (Fsp3) is 0.455. The maximum Gasteiger partial charge on any atom is 0.306 e. The third-order valence-electron chi connectivity index (χ3n) is 4.73. The predicted molar refractivity (Wildman–Crippen MR) is 111 cm³/mol. The number of benzene rings is 1. The van der Waals surface area contributed by atoms with E-state index >= 15 is 0 Å². The van der Waals surface area contributed by atoms with Crippen LogP contribution in [0.5, 0.6) is 0 Å². The summed E-state index contributed by atoms with van der Waals surface area (Å²) < 4.78 is 4.72. The lowest BCUT2D eigenvalue weighted by Gasteiger charge is -2.22. The Hall–Kier alpha value is -2.96. The minimum Gasteiger partial charge on any atom is -0.469 e. The van der Waals surface area contributed by atoms with Crippen molar-refractivity contribution in [1.82, 2.24) is 15.6 Å². The zero-order chi connectivity index (χ0) is 21.4. The van der Waals surface area contributed by atoms with Crippen LogP contribution in [0.25, 0.3) is 10.9 Å². The molecule has 0 unspecified atom stereocenters. The molecule has 2 N–H and O–H groups in total. The number of rotatable bonds is 9. The molecule has 0 aliphatic heterocycles. The van der Waals surface area contributed by atoms with Gasteiger partial charge in [-0.25, -0.2) is 0 Å². The van der Waals surface area contributed by atoms with Crippen molar-refractivity contribution in [3.05, 3.63) is 42.1 Å². The lowest BCUT2D eigenvalue weighted by Crippen LogP contribution is -2.49. The van der Waals surface area contributed by atoms with Gasteiger partial charge in [-0.1, -0.05) is 32.0 Å². The highest BCUT2D eigenvalue weighted by molar-refractivity contribution is 5.90. The zero-order valence-electron chi connectivity index (χ0n) is 17.4. The highest BCUT2D eigenvalue weighted by atomic mass is 16.5. The van der Waals surface area contributed by atoms with E-state index in [1.54, 1.807) is 6.20 Å². The first-order valence-electron chi connectivity index (χ1n) is 9.76. The Morgan fingerprint density at radius 3 is 2.52 bits per heavy atom. The summed E-state index contributed by atoms with van der Waals surface area (Å²) in [6, 6.07) is 8.91. The van der Waals surface area contributed by atoms with E-state index in [0.717, 1.165) is 16.5 Å². The lowest BCUT2D eigenvalue weighted by atomic mass is 9.92. The van der Waals surface area contributed by atoms with Crippen LogP contribution in [0.3, 0.4) is 0 Å². The molecule has 0 saturated carbocycles. The number of hydrogen-bond donors (Lipinski definition) is 2. The molecule has 1 aromatic heterocycles. The third kappa shape index (κ3) is 6.55. The van der Waals surface area contributed by atoms with Gasteiger partial charge in [0.05, 0.1) is 19.0 Å². The molecule has 2 amide bonds. The second-order valence-electron chi connectivity index (χ2n) is 7.52. The van der Waals surface area contributed by atoms with E-state index < -0.39 is 17.9 Å². The number of pyridine rings is 1. The summed E-state index contributed by atoms with van der Waals surface area (Å²) in [4.78, 5) is 41.4. The molecule has 2 atom stereocenters. The van der Waals surface area contributed by atoms with E-state index in [-0.39, 0.29) is 24.2 Å². The van der Waals surface area contributed by atoms with E-state index in [2.05, 4.69) is 15.6 Å². The molecule has 29 heavy (non-hydrogen) atoms. The van der Waals surface area contributed by atoms with Crippen molar-refractivity contribution in [2.24, 2.45) is 11.8 Å². The van der Waals surface area contributed by atoms with Gasteiger partial charge in [0.15, 0.2) is 0 Å². The maximum atomic E-state index is 12.8. The van der Waals surface area contributed by atoms with Crippen LogP contribution in [0, 0.1) is 11.8 Å². The van der Waals surface area contributed by atoms with Gasteiger partial charge in [0, 0.05) is 31.0 Å². The summed E-state index contributed by atoms with van der Waals surface area (Å²) in [5.74, 6) is -1.40. The Morgan fingerprint density at radius 2 is 1.86 bits per heavy atom. The number of esters is 1. The number of para-hydroxylation sites is 1. The van der Waals surface area contributed by atoms with Gasteiger partial charge in [0.2, 0.25) is 11.8 Å². The van der Waals surface area contributed by atoms with E-state index in [1.807, 2.05) is 44.2 Å². The first-order chi connectivity index (χ1) is 13.8. The molecule has 0 fully saturated rings. The molecule has 0 spiro atoms. The lowest BCUT2D eigenvalue weighted by molar-refractivity contribution is -0.144. The number of nitrogens with zero attached hydrogens (tertiary/aromatic N) is 1. The van der Waals surface area contributed by atoms with Gasteiger partial charge in [-0.15, -0.1) is 0 Å². The average molecular weight is 399 g/mol. The molecule has 2 rings (SSSR count). The molecular formula is C22H29N3O4. The van der Waals surface area contributed by atoms with Gasteiger partial charge in [-0.2, -0.15) is 0 Å². The van der Waals surface area contributed by atoms with Crippen LogP contribution in [0.4, 0.5) is 0 Å². The minimum atomic E-state index is -0.761. The molecule has 0 saturated heterocycles. The van der Waals surface area contributed by atoms with Crippen LogP contribution < -0.4 is 10.6 Å². The summed E-state index contributed by atoms with van der Waals surface area (Å²) >= 11 is 0. The second-order valence-corrected chi connectivity index (χ2v) is 7.52. The van der Waals surface area contributed by atoms with Crippen molar-refractivity contribution < 1.29 is 19.1 Å². The Labute approximate surface area is 171 Å². The largest absolute Gasteiger partial charge is 0.469 e. The number of carbonyl (C=O) groups is 3.